The highest BCUT2D eigenvalue weighted by molar-refractivity contribution is 6.21. The number of rotatable bonds is 2. The molecule has 1 nitrogen and oxygen atoms in total. The maximum atomic E-state index is 6.53. The first-order valence-corrected chi connectivity index (χ1v) is 6.50. The zero-order valence-corrected chi connectivity index (χ0v) is 9.54. The van der Waals surface area contributed by atoms with Crippen molar-refractivity contribution in [2.45, 2.75) is 44.1 Å². The Morgan fingerprint density at radius 2 is 2.00 bits per heavy atom. The number of ether oxygens (including phenoxy) is 1. The Balaban J connectivity index is 1.76. The maximum absolute atomic E-state index is 6.53. The van der Waals surface area contributed by atoms with E-state index in [1.807, 2.05) is 0 Å². The first kappa shape index (κ1) is 9.47. The van der Waals surface area contributed by atoms with Gasteiger partial charge in [-0.15, -0.1) is 11.6 Å². The molecule has 6 unspecified atom stereocenters. The summed E-state index contributed by atoms with van der Waals surface area (Å²) >= 11 is 6.53. The predicted octanol–water partition coefficient (Wildman–Crippen LogP) is 3.06. The molecule has 0 heterocycles. The predicted molar refractivity (Wildman–Crippen MR) is 57.5 cm³/mol. The van der Waals surface area contributed by atoms with Gasteiger partial charge >= 0.3 is 0 Å². The average molecular weight is 215 g/mol. The van der Waals surface area contributed by atoms with E-state index in [0.717, 1.165) is 30.3 Å². The van der Waals surface area contributed by atoms with E-state index in [1.54, 1.807) is 0 Å². The first-order valence-electron chi connectivity index (χ1n) is 6.07. The quantitative estimate of drug-likeness (QED) is 0.642. The van der Waals surface area contributed by atoms with E-state index in [1.165, 1.54) is 25.7 Å². The third-order valence-electron chi connectivity index (χ3n) is 4.77. The van der Waals surface area contributed by atoms with Crippen molar-refractivity contribution < 1.29 is 4.74 Å². The summed E-state index contributed by atoms with van der Waals surface area (Å²) in [5.74, 6) is 3.65. The lowest BCUT2D eigenvalue weighted by molar-refractivity contribution is 0.0623. The lowest BCUT2D eigenvalue weighted by atomic mass is 9.82. The van der Waals surface area contributed by atoms with Crippen LogP contribution in [-0.2, 0) is 4.74 Å². The molecule has 80 valence electrons. The van der Waals surface area contributed by atoms with Crippen LogP contribution in [0.25, 0.3) is 0 Å². The molecule has 0 radical (unpaired) electrons. The number of halogens is 1. The molecule has 0 aromatic carbocycles. The van der Waals surface area contributed by atoms with Gasteiger partial charge in [-0.3, -0.25) is 0 Å². The lowest BCUT2D eigenvalue weighted by Crippen LogP contribution is -2.27. The summed E-state index contributed by atoms with van der Waals surface area (Å²) in [7, 11) is 0. The average Bonchev–Trinajstić information content (AvgIpc) is 2.81. The molecule has 14 heavy (non-hydrogen) atoms. The number of alkyl halides is 1. The third kappa shape index (κ3) is 1.18. The number of hydrogen-bond acceptors (Lipinski definition) is 1. The summed E-state index contributed by atoms with van der Waals surface area (Å²) in [6, 6.07) is 0. The summed E-state index contributed by atoms with van der Waals surface area (Å²) in [6.07, 6.45) is 5.98. The topological polar surface area (TPSA) is 9.23 Å². The van der Waals surface area contributed by atoms with Crippen molar-refractivity contribution in [3.05, 3.63) is 0 Å². The molecule has 0 aliphatic heterocycles. The largest absolute Gasteiger partial charge is 0.377 e. The zero-order chi connectivity index (χ0) is 9.71. The summed E-state index contributed by atoms with van der Waals surface area (Å²) in [5, 5.41) is 0.315. The van der Waals surface area contributed by atoms with Crippen molar-refractivity contribution in [2.24, 2.45) is 23.7 Å². The van der Waals surface area contributed by atoms with Gasteiger partial charge in [0.05, 0.1) is 11.5 Å². The Morgan fingerprint density at radius 3 is 2.71 bits per heavy atom. The third-order valence-corrected chi connectivity index (χ3v) is 5.34. The van der Waals surface area contributed by atoms with Gasteiger partial charge in [0, 0.05) is 6.61 Å². The SMILES string of the molecule is CCOC1CC2C3CCC(C3)C2C1Cl. The summed E-state index contributed by atoms with van der Waals surface area (Å²) in [6.45, 7) is 2.90. The van der Waals surface area contributed by atoms with Gasteiger partial charge in [-0.1, -0.05) is 0 Å². The normalized spacial score (nSPS) is 55.3. The van der Waals surface area contributed by atoms with Crippen LogP contribution in [0.1, 0.15) is 32.6 Å². The second-order valence-corrected chi connectivity index (χ2v) is 5.75. The Morgan fingerprint density at radius 1 is 1.21 bits per heavy atom. The van der Waals surface area contributed by atoms with Crippen molar-refractivity contribution in [1.29, 1.82) is 0 Å². The smallest absolute Gasteiger partial charge is 0.0744 e. The zero-order valence-electron chi connectivity index (χ0n) is 8.79. The summed E-state index contributed by atoms with van der Waals surface area (Å²) in [5.41, 5.74) is 0. The van der Waals surface area contributed by atoms with Crippen LogP contribution in [0, 0.1) is 23.7 Å². The molecule has 0 amide bonds. The molecular formula is C12H19ClO. The number of hydrogen-bond donors (Lipinski definition) is 0. The van der Waals surface area contributed by atoms with E-state index >= 15 is 0 Å². The molecule has 3 saturated carbocycles. The molecule has 0 N–H and O–H groups in total. The minimum atomic E-state index is 0.315. The molecule has 2 heteroatoms. The lowest BCUT2D eigenvalue weighted by Gasteiger charge is -2.26. The second kappa shape index (κ2) is 3.38. The Labute approximate surface area is 91.2 Å². The molecule has 3 aliphatic rings. The van der Waals surface area contributed by atoms with Crippen molar-refractivity contribution in [1.82, 2.24) is 0 Å². The summed E-state index contributed by atoms with van der Waals surface area (Å²) in [4.78, 5) is 0. The highest BCUT2D eigenvalue weighted by Crippen LogP contribution is 2.60. The van der Waals surface area contributed by atoms with E-state index in [-0.39, 0.29) is 0 Å². The van der Waals surface area contributed by atoms with Crippen LogP contribution in [0.3, 0.4) is 0 Å². The monoisotopic (exact) mass is 214 g/mol. The van der Waals surface area contributed by atoms with Crippen molar-refractivity contribution >= 4 is 11.6 Å². The molecule has 6 atom stereocenters. The Hall–Kier alpha value is 0.250. The molecule has 3 fully saturated rings. The van der Waals surface area contributed by atoms with Crippen LogP contribution < -0.4 is 0 Å². The molecule has 0 spiro atoms. The van der Waals surface area contributed by atoms with Gasteiger partial charge in [0.25, 0.3) is 0 Å². The first-order chi connectivity index (χ1) is 6.81. The highest BCUT2D eigenvalue weighted by Gasteiger charge is 2.56. The number of fused-ring (bicyclic) bond motifs is 5. The molecule has 3 aliphatic carbocycles. The van der Waals surface area contributed by atoms with Gasteiger partial charge in [-0.2, -0.15) is 0 Å². The molecule has 2 bridgehead atoms. The van der Waals surface area contributed by atoms with Gasteiger partial charge in [-0.05, 0) is 56.3 Å². The van der Waals surface area contributed by atoms with Crippen LogP contribution in [0.5, 0.6) is 0 Å². The summed E-state index contributed by atoms with van der Waals surface area (Å²) < 4.78 is 5.74. The van der Waals surface area contributed by atoms with Crippen LogP contribution >= 0.6 is 11.6 Å². The van der Waals surface area contributed by atoms with Crippen molar-refractivity contribution in [2.75, 3.05) is 6.61 Å². The highest BCUT2D eigenvalue weighted by atomic mass is 35.5. The second-order valence-electron chi connectivity index (χ2n) is 5.25. The Bertz CT molecular complexity index is 230. The van der Waals surface area contributed by atoms with Gasteiger partial charge < -0.3 is 4.74 Å². The van der Waals surface area contributed by atoms with Gasteiger partial charge in [0.15, 0.2) is 0 Å². The maximum Gasteiger partial charge on any atom is 0.0744 e. The minimum Gasteiger partial charge on any atom is -0.377 e. The fourth-order valence-corrected chi connectivity index (χ4v) is 4.89. The van der Waals surface area contributed by atoms with Crippen molar-refractivity contribution in [3.63, 3.8) is 0 Å². The molecular weight excluding hydrogens is 196 g/mol. The molecule has 0 saturated heterocycles. The van der Waals surface area contributed by atoms with Crippen LogP contribution in [0.4, 0.5) is 0 Å². The van der Waals surface area contributed by atoms with E-state index in [4.69, 9.17) is 16.3 Å². The van der Waals surface area contributed by atoms with E-state index in [0.29, 0.717) is 11.5 Å². The molecule has 0 aromatic heterocycles. The fraction of sp³-hybridized carbons (Fsp3) is 1.00. The van der Waals surface area contributed by atoms with E-state index < -0.39 is 0 Å². The Kier molecular flexibility index (Phi) is 2.29. The van der Waals surface area contributed by atoms with Gasteiger partial charge in [-0.25, -0.2) is 0 Å². The van der Waals surface area contributed by atoms with Gasteiger partial charge in [0.2, 0.25) is 0 Å². The molecule has 3 rings (SSSR count). The molecule has 0 aromatic rings. The fourth-order valence-electron chi connectivity index (χ4n) is 4.32. The van der Waals surface area contributed by atoms with Crippen LogP contribution in [0.15, 0.2) is 0 Å². The van der Waals surface area contributed by atoms with E-state index in [2.05, 4.69) is 6.92 Å². The standard InChI is InChI=1S/C12H19ClO/c1-2-14-10-6-9-7-3-4-8(5-7)11(9)12(10)13/h7-12H,2-6H2,1H3. The van der Waals surface area contributed by atoms with Crippen LogP contribution in [0.2, 0.25) is 0 Å². The van der Waals surface area contributed by atoms with E-state index in [9.17, 15) is 0 Å². The minimum absolute atomic E-state index is 0.315. The van der Waals surface area contributed by atoms with Crippen LogP contribution in [-0.4, -0.2) is 18.1 Å². The van der Waals surface area contributed by atoms with Gasteiger partial charge in [0.1, 0.15) is 0 Å². The van der Waals surface area contributed by atoms with Crippen molar-refractivity contribution in [3.8, 4) is 0 Å².